The maximum atomic E-state index is 13.0. The van der Waals surface area contributed by atoms with Crippen molar-refractivity contribution in [1.29, 1.82) is 0 Å². The number of hydrogen-bond acceptors (Lipinski definition) is 2. The number of nitrogens with zero attached hydrogens (tertiary/aromatic N) is 1. The van der Waals surface area contributed by atoms with E-state index in [1.165, 1.54) is 32.1 Å². The number of carbonyl (C=O) groups excluding carboxylic acids is 1. The number of amides is 1. The van der Waals surface area contributed by atoms with Crippen molar-refractivity contribution >= 4 is 18.3 Å². The Bertz CT molecular complexity index is 342. The van der Waals surface area contributed by atoms with E-state index < -0.39 is 0 Å². The van der Waals surface area contributed by atoms with E-state index in [-0.39, 0.29) is 12.4 Å². The van der Waals surface area contributed by atoms with Gasteiger partial charge in [0.05, 0.1) is 0 Å². The van der Waals surface area contributed by atoms with Gasteiger partial charge in [-0.05, 0) is 57.5 Å². The van der Waals surface area contributed by atoms with Gasteiger partial charge >= 0.3 is 0 Å². The zero-order valence-corrected chi connectivity index (χ0v) is 15.5. The maximum Gasteiger partial charge on any atom is 0.226 e. The van der Waals surface area contributed by atoms with Crippen LogP contribution in [0.5, 0.6) is 0 Å². The van der Waals surface area contributed by atoms with E-state index in [4.69, 9.17) is 0 Å². The molecule has 2 atom stereocenters. The van der Waals surface area contributed by atoms with E-state index in [0.29, 0.717) is 23.3 Å². The van der Waals surface area contributed by atoms with Gasteiger partial charge in [0.1, 0.15) is 0 Å². The van der Waals surface area contributed by atoms with Crippen LogP contribution in [0, 0.1) is 11.3 Å². The molecule has 2 unspecified atom stereocenters. The van der Waals surface area contributed by atoms with Crippen LogP contribution in [0.4, 0.5) is 0 Å². The van der Waals surface area contributed by atoms with Crippen LogP contribution in [0.2, 0.25) is 0 Å². The second-order valence-corrected chi connectivity index (χ2v) is 7.25. The zero-order chi connectivity index (χ0) is 15.3. The number of carbonyl (C=O) groups is 1. The van der Waals surface area contributed by atoms with Gasteiger partial charge in [0, 0.05) is 18.5 Å². The normalized spacial score (nSPS) is 23.7. The van der Waals surface area contributed by atoms with E-state index in [9.17, 15) is 4.79 Å². The summed E-state index contributed by atoms with van der Waals surface area (Å²) in [5, 5.41) is 3.43. The first-order valence-electron chi connectivity index (χ1n) is 9.16. The van der Waals surface area contributed by atoms with Crippen LogP contribution < -0.4 is 5.32 Å². The standard InChI is InChI=1S/C18H34N2O.ClH/c1-4-6-7-13-20(15(3)8-5-2)17(21)16-14-18(16)9-11-19-12-10-18;/h15-16,19H,4-14H2,1-3H3;1H. The summed E-state index contributed by atoms with van der Waals surface area (Å²) < 4.78 is 0. The van der Waals surface area contributed by atoms with Gasteiger partial charge in [0.2, 0.25) is 5.91 Å². The highest BCUT2D eigenvalue weighted by Crippen LogP contribution is 2.59. The second-order valence-electron chi connectivity index (χ2n) is 7.25. The van der Waals surface area contributed by atoms with Crippen molar-refractivity contribution in [1.82, 2.24) is 10.2 Å². The Morgan fingerprint density at radius 2 is 1.91 bits per heavy atom. The summed E-state index contributed by atoms with van der Waals surface area (Å²) in [6, 6.07) is 0.415. The van der Waals surface area contributed by atoms with Crippen molar-refractivity contribution in [3.63, 3.8) is 0 Å². The van der Waals surface area contributed by atoms with Crippen LogP contribution in [0.1, 0.15) is 72.1 Å². The van der Waals surface area contributed by atoms with Crippen molar-refractivity contribution in [3.8, 4) is 0 Å². The lowest BCUT2D eigenvalue weighted by Crippen LogP contribution is -2.42. The van der Waals surface area contributed by atoms with E-state index in [2.05, 4.69) is 31.0 Å². The molecule has 2 rings (SSSR count). The molecule has 0 bridgehead atoms. The molecule has 2 fully saturated rings. The van der Waals surface area contributed by atoms with Crippen LogP contribution in [0.15, 0.2) is 0 Å². The SMILES string of the molecule is CCCCCN(C(=O)C1CC12CCNCC2)C(C)CCC.Cl. The quantitative estimate of drug-likeness (QED) is 0.682. The summed E-state index contributed by atoms with van der Waals surface area (Å²) >= 11 is 0. The molecule has 1 spiro atoms. The van der Waals surface area contributed by atoms with Crippen LogP contribution >= 0.6 is 12.4 Å². The number of piperidine rings is 1. The molecule has 0 radical (unpaired) electrons. The minimum absolute atomic E-state index is 0. The topological polar surface area (TPSA) is 32.3 Å². The van der Waals surface area contributed by atoms with Crippen LogP contribution in [0.25, 0.3) is 0 Å². The lowest BCUT2D eigenvalue weighted by Gasteiger charge is -2.31. The molecule has 1 N–H and O–H groups in total. The van der Waals surface area contributed by atoms with Crippen molar-refractivity contribution in [2.75, 3.05) is 19.6 Å². The van der Waals surface area contributed by atoms with E-state index >= 15 is 0 Å². The van der Waals surface area contributed by atoms with E-state index in [0.717, 1.165) is 38.9 Å². The molecule has 130 valence electrons. The minimum atomic E-state index is 0. The predicted octanol–water partition coefficient (Wildman–Crippen LogP) is 4.01. The average molecular weight is 331 g/mol. The summed E-state index contributed by atoms with van der Waals surface area (Å²) in [7, 11) is 0. The first-order chi connectivity index (χ1) is 10.1. The first-order valence-corrected chi connectivity index (χ1v) is 9.16. The molecule has 1 heterocycles. The molecule has 1 saturated carbocycles. The molecule has 2 aliphatic rings. The van der Waals surface area contributed by atoms with Crippen molar-refractivity contribution in [2.45, 2.75) is 78.2 Å². The lowest BCUT2D eigenvalue weighted by atomic mass is 9.91. The van der Waals surface area contributed by atoms with Crippen molar-refractivity contribution in [3.05, 3.63) is 0 Å². The van der Waals surface area contributed by atoms with Gasteiger partial charge in [-0.3, -0.25) is 4.79 Å². The monoisotopic (exact) mass is 330 g/mol. The highest BCUT2D eigenvalue weighted by Gasteiger charge is 2.58. The fourth-order valence-corrected chi connectivity index (χ4v) is 4.03. The third-order valence-electron chi connectivity index (χ3n) is 5.61. The third kappa shape index (κ3) is 4.61. The average Bonchev–Trinajstić information content (AvgIpc) is 3.17. The zero-order valence-electron chi connectivity index (χ0n) is 14.7. The maximum absolute atomic E-state index is 13.0. The highest BCUT2D eigenvalue weighted by atomic mass is 35.5. The largest absolute Gasteiger partial charge is 0.340 e. The Morgan fingerprint density at radius 3 is 2.50 bits per heavy atom. The number of unbranched alkanes of at least 4 members (excludes halogenated alkanes) is 2. The molecule has 1 amide bonds. The van der Waals surface area contributed by atoms with Crippen molar-refractivity contribution < 1.29 is 4.79 Å². The summed E-state index contributed by atoms with van der Waals surface area (Å²) in [4.78, 5) is 15.2. The fraction of sp³-hybridized carbons (Fsp3) is 0.944. The molecule has 0 aromatic rings. The summed E-state index contributed by atoms with van der Waals surface area (Å²) in [5.41, 5.74) is 0.372. The highest BCUT2D eigenvalue weighted by molar-refractivity contribution is 5.85. The lowest BCUT2D eigenvalue weighted by molar-refractivity contribution is -0.136. The van der Waals surface area contributed by atoms with Gasteiger partial charge in [-0.25, -0.2) is 0 Å². The molecular formula is C18H35ClN2O. The van der Waals surface area contributed by atoms with Gasteiger partial charge in [0.15, 0.2) is 0 Å². The van der Waals surface area contributed by atoms with Gasteiger partial charge in [-0.2, -0.15) is 0 Å². The molecule has 3 nitrogen and oxygen atoms in total. The fourth-order valence-electron chi connectivity index (χ4n) is 4.03. The van der Waals surface area contributed by atoms with Gasteiger partial charge < -0.3 is 10.2 Å². The van der Waals surface area contributed by atoms with E-state index in [1.54, 1.807) is 0 Å². The number of hydrogen-bond donors (Lipinski definition) is 1. The van der Waals surface area contributed by atoms with Crippen LogP contribution in [-0.4, -0.2) is 36.5 Å². The van der Waals surface area contributed by atoms with Gasteiger partial charge in [0.25, 0.3) is 0 Å². The Hall–Kier alpha value is -0.280. The number of rotatable bonds is 8. The number of nitrogens with one attached hydrogen (secondary N) is 1. The minimum Gasteiger partial charge on any atom is -0.340 e. The van der Waals surface area contributed by atoms with Crippen LogP contribution in [-0.2, 0) is 4.79 Å². The summed E-state index contributed by atoms with van der Waals surface area (Å²) in [5.74, 6) is 0.800. The molecule has 0 aromatic heterocycles. The molecular weight excluding hydrogens is 296 g/mol. The predicted molar refractivity (Wildman–Crippen MR) is 95.5 cm³/mol. The molecule has 1 aliphatic carbocycles. The van der Waals surface area contributed by atoms with E-state index in [1.807, 2.05) is 0 Å². The summed E-state index contributed by atoms with van der Waals surface area (Å²) in [6.45, 7) is 9.86. The summed E-state index contributed by atoms with van der Waals surface area (Å²) in [6.07, 6.45) is 9.49. The Morgan fingerprint density at radius 1 is 1.23 bits per heavy atom. The third-order valence-corrected chi connectivity index (χ3v) is 5.61. The molecule has 22 heavy (non-hydrogen) atoms. The van der Waals surface area contributed by atoms with Crippen molar-refractivity contribution in [2.24, 2.45) is 11.3 Å². The first kappa shape index (κ1) is 19.8. The molecule has 0 aromatic carbocycles. The Kier molecular flexibility index (Phi) is 8.20. The molecule has 4 heteroatoms. The van der Waals surface area contributed by atoms with Crippen LogP contribution in [0.3, 0.4) is 0 Å². The number of halogens is 1. The second kappa shape index (κ2) is 9.12. The smallest absolute Gasteiger partial charge is 0.226 e. The van der Waals surface area contributed by atoms with Gasteiger partial charge in [-0.1, -0.05) is 33.1 Å². The Labute approximate surface area is 143 Å². The van der Waals surface area contributed by atoms with Gasteiger partial charge in [-0.15, -0.1) is 12.4 Å². The molecule has 1 saturated heterocycles. The molecule has 1 aliphatic heterocycles. The Balaban J connectivity index is 0.00000242.